The lowest BCUT2D eigenvalue weighted by atomic mass is 9.76. The fourth-order valence-corrected chi connectivity index (χ4v) is 1.56. The van der Waals surface area contributed by atoms with Crippen LogP contribution in [0.4, 0.5) is 4.39 Å². The third-order valence-electron chi connectivity index (χ3n) is 2.13. The van der Waals surface area contributed by atoms with E-state index in [1.165, 1.54) is 12.1 Å². The molecular weight excluding hydrogens is 174 g/mol. The summed E-state index contributed by atoms with van der Waals surface area (Å²) < 4.78 is 17.8. The number of aliphatic hydroxyl groups excluding tert-OH is 1. The van der Waals surface area contributed by atoms with Gasteiger partial charge in [-0.25, -0.2) is 4.39 Å². The second-order valence-electron chi connectivity index (χ2n) is 2.96. The molecule has 0 radical (unpaired) electrons. The molecule has 0 bridgehead atoms. The molecule has 13 heavy (non-hydrogen) atoms. The molecule has 1 aromatic carbocycles. The van der Waals surface area contributed by atoms with E-state index in [0.29, 0.717) is 16.6 Å². The zero-order valence-electron chi connectivity index (χ0n) is 6.83. The molecule has 3 nitrogen and oxygen atoms in total. The minimum absolute atomic E-state index is 0.196. The molecule has 0 amide bonds. The Morgan fingerprint density at radius 3 is 3.00 bits per heavy atom. The summed E-state index contributed by atoms with van der Waals surface area (Å²) in [7, 11) is -1.03. The smallest absolute Gasteiger partial charge is 0.423 e. The predicted molar refractivity (Wildman–Crippen MR) is 44.7 cm³/mol. The molecule has 0 atom stereocenters. The molecule has 2 N–H and O–H groups in total. The van der Waals surface area contributed by atoms with Crippen molar-refractivity contribution in [3.63, 3.8) is 0 Å². The summed E-state index contributed by atoms with van der Waals surface area (Å²) in [5, 5.41) is 18.2. The van der Waals surface area contributed by atoms with Gasteiger partial charge in [0.1, 0.15) is 5.82 Å². The van der Waals surface area contributed by atoms with E-state index in [1.807, 2.05) is 0 Å². The van der Waals surface area contributed by atoms with E-state index in [-0.39, 0.29) is 13.2 Å². The normalized spacial score (nSPS) is 14.8. The van der Waals surface area contributed by atoms with Crippen molar-refractivity contribution in [2.24, 2.45) is 0 Å². The zero-order chi connectivity index (χ0) is 9.42. The van der Waals surface area contributed by atoms with Crippen LogP contribution in [0.5, 0.6) is 0 Å². The minimum atomic E-state index is -1.03. The van der Waals surface area contributed by atoms with Gasteiger partial charge in [0.2, 0.25) is 0 Å². The molecule has 0 spiro atoms. The van der Waals surface area contributed by atoms with Crippen LogP contribution in [-0.2, 0) is 17.9 Å². The van der Waals surface area contributed by atoms with Crippen molar-refractivity contribution in [1.29, 1.82) is 0 Å². The van der Waals surface area contributed by atoms with E-state index in [1.54, 1.807) is 0 Å². The Kier molecular flexibility index (Phi) is 2.07. The maximum Gasteiger partial charge on any atom is 0.492 e. The number of hydrogen-bond donors (Lipinski definition) is 2. The van der Waals surface area contributed by atoms with E-state index in [9.17, 15) is 9.41 Å². The molecule has 5 heteroatoms. The number of benzene rings is 1. The molecule has 0 saturated heterocycles. The highest BCUT2D eigenvalue weighted by atomic mass is 19.1. The summed E-state index contributed by atoms with van der Waals surface area (Å²) in [4.78, 5) is 0. The molecule has 68 valence electrons. The Balaban J connectivity index is 2.57. The molecule has 0 fully saturated rings. The van der Waals surface area contributed by atoms with Gasteiger partial charge < -0.3 is 14.8 Å². The average molecular weight is 182 g/mol. The van der Waals surface area contributed by atoms with Crippen LogP contribution in [0.3, 0.4) is 0 Å². The number of fused-ring (bicyclic) bond motifs is 1. The van der Waals surface area contributed by atoms with Crippen molar-refractivity contribution in [2.45, 2.75) is 13.2 Å². The van der Waals surface area contributed by atoms with Gasteiger partial charge in [-0.1, -0.05) is 0 Å². The van der Waals surface area contributed by atoms with Crippen LogP contribution < -0.4 is 5.46 Å². The predicted octanol–water partition coefficient (Wildman–Crippen LogP) is -0.464. The van der Waals surface area contributed by atoms with Crippen molar-refractivity contribution in [2.75, 3.05) is 0 Å². The molecule has 1 aliphatic rings. The highest BCUT2D eigenvalue weighted by Crippen LogP contribution is 2.14. The van der Waals surface area contributed by atoms with Gasteiger partial charge >= 0.3 is 7.12 Å². The zero-order valence-corrected chi connectivity index (χ0v) is 6.83. The van der Waals surface area contributed by atoms with Crippen molar-refractivity contribution in [1.82, 2.24) is 0 Å². The molecule has 0 unspecified atom stereocenters. The van der Waals surface area contributed by atoms with Crippen LogP contribution in [-0.4, -0.2) is 17.2 Å². The fraction of sp³-hybridized carbons (Fsp3) is 0.250. The Bertz CT molecular complexity index is 342. The molecule has 1 aromatic rings. The van der Waals surface area contributed by atoms with Gasteiger partial charge in [0.25, 0.3) is 0 Å². The van der Waals surface area contributed by atoms with Crippen LogP contribution >= 0.6 is 0 Å². The summed E-state index contributed by atoms with van der Waals surface area (Å²) in [6.45, 7) is -0.0955. The molecule has 0 aliphatic carbocycles. The Hall–Kier alpha value is -0.905. The largest absolute Gasteiger partial charge is 0.492 e. The average Bonchev–Trinajstić information content (AvgIpc) is 2.46. The van der Waals surface area contributed by atoms with Gasteiger partial charge in [-0.3, -0.25) is 0 Å². The molecule has 1 aliphatic heterocycles. The first-order valence-corrected chi connectivity index (χ1v) is 3.94. The maximum atomic E-state index is 12.9. The van der Waals surface area contributed by atoms with Gasteiger partial charge in [0.05, 0.1) is 13.2 Å². The number of halogens is 1. The van der Waals surface area contributed by atoms with Gasteiger partial charge in [-0.2, -0.15) is 0 Å². The van der Waals surface area contributed by atoms with Crippen LogP contribution in [0.15, 0.2) is 12.1 Å². The van der Waals surface area contributed by atoms with Gasteiger partial charge in [-0.15, -0.1) is 0 Å². The van der Waals surface area contributed by atoms with E-state index >= 15 is 0 Å². The second kappa shape index (κ2) is 3.10. The first-order chi connectivity index (χ1) is 6.22. The lowest BCUT2D eigenvalue weighted by Crippen LogP contribution is -2.31. The minimum Gasteiger partial charge on any atom is -0.423 e. The van der Waals surface area contributed by atoms with E-state index in [2.05, 4.69) is 0 Å². The monoisotopic (exact) mass is 182 g/mol. The third kappa shape index (κ3) is 1.35. The Morgan fingerprint density at radius 2 is 2.31 bits per heavy atom. The van der Waals surface area contributed by atoms with Gasteiger partial charge in [0.15, 0.2) is 0 Å². The van der Waals surface area contributed by atoms with E-state index < -0.39 is 12.9 Å². The van der Waals surface area contributed by atoms with Crippen LogP contribution in [0.1, 0.15) is 11.1 Å². The Labute approximate surface area is 74.9 Å². The van der Waals surface area contributed by atoms with Crippen molar-refractivity contribution < 1.29 is 19.2 Å². The maximum absolute atomic E-state index is 12.9. The molecule has 1 heterocycles. The molecule has 0 saturated carbocycles. The summed E-state index contributed by atoms with van der Waals surface area (Å²) >= 11 is 0. The van der Waals surface area contributed by atoms with Crippen molar-refractivity contribution in [3.8, 4) is 0 Å². The first kappa shape index (κ1) is 8.68. The van der Waals surface area contributed by atoms with Gasteiger partial charge in [0, 0.05) is 0 Å². The standard InChI is InChI=1S/C8H8BFO3/c10-7-1-5(3-11)8-6(2-7)4-13-9(8)12/h1-2,11-12H,3-4H2. The summed E-state index contributed by atoms with van der Waals surface area (Å²) in [5.41, 5.74) is 1.50. The lowest BCUT2D eigenvalue weighted by Gasteiger charge is -2.05. The van der Waals surface area contributed by atoms with E-state index in [0.717, 1.165) is 0 Å². The van der Waals surface area contributed by atoms with E-state index in [4.69, 9.17) is 9.76 Å². The van der Waals surface area contributed by atoms with Crippen LogP contribution in [0.25, 0.3) is 0 Å². The quantitative estimate of drug-likeness (QED) is 0.577. The van der Waals surface area contributed by atoms with Crippen molar-refractivity contribution in [3.05, 3.63) is 29.1 Å². The molecule has 2 rings (SSSR count). The lowest BCUT2D eigenvalue weighted by molar-refractivity contribution is 0.273. The third-order valence-corrected chi connectivity index (χ3v) is 2.13. The first-order valence-electron chi connectivity index (χ1n) is 3.94. The van der Waals surface area contributed by atoms with Crippen LogP contribution in [0, 0.1) is 5.82 Å². The number of hydrogen-bond acceptors (Lipinski definition) is 3. The fourth-order valence-electron chi connectivity index (χ4n) is 1.56. The van der Waals surface area contributed by atoms with Crippen molar-refractivity contribution >= 4 is 12.6 Å². The Morgan fingerprint density at radius 1 is 1.54 bits per heavy atom. The number of rotatable bonds is 1. The topological polar surface area (TPSA) is 49.7 Å². The second-order valence-corrected chi connectivity index (χ2v) is 2.96. The summed E-state index contributed by atoms with van der Waals surface area (Å²) in [6, 6.07) is 2.52. The molecule has 0 aromatic heterocycles. The van der Waals surface area contributed by atoms with Crippen LogP contribution in [0.2, 0.25) is 0 Å². The highest BCUT2D eigenvalue weighted by Gasteiger charge is 2.30. The molecular formula is C8H8BFO3. The highest BCUT2D eigenvalue weighted by molar-refractivity contribution is 6.62. The summed E-state index contributed by atoms with van der Waals surface area (Å²) in [6.07, 6.45) is 0. The SMILES string of the molecule is OCc1cc(F)cc2c1B(O)OC2. The number of aliphatic hydroxyl groups is 1. The van der Waals surface area contributed by atoms with Gasteiger partial charge in [-0.05, 0) is 28.7 Å². The summed E-state index contributed by atoms with van der Waals surface area (Å²) in [5.74, 6) is -0.416.